The smallest absolute Gasteiger partial charge is 0.137 e. The minimum atomic E-state index is 0.662. The van der Waals surface area contributed by atoms with Crippen molar-refractivity contribution in [1.29, 1.82) is 0 Å². The van der Waals surface area contributed by atoms with Gasteiger partial charge >= 0.3 is 0 Å². The Labute approximate surface area is 152 Å². The van der Waals surface area contributed by atoms with E-state index in [1.165, 1.54) is 48.9 Å². The van der Waals surface area contributed by atoms with Crippen LogP contribution in [0.4, 0.5) is 0 Å². The molecule has 0 aliphatic carbocycles. The van der Waals surface area contributed by atoms with E-state index in [1.807, 2.05) is 23.6 Å². The number of piperidine rings is 1. The molecule has 0 saturated carbocycles. The molecule has 1 fully saturated rings. The van der Waals surface area contributed by atoms with Crippen LogP contribution >= 0.6 is 11.3 Å². The molecule has 25 heavy (non-hydrogen) atoms. The summed E-state index contributed by atoms with van der Waals surface area (Å²) >= 11 is 2.03. The van der Waals surface area contributed by atoms with Crippen molar-refractivity contribution in [2.45, 2.75) is 38.3 Å². The van der Waals surface area contributed by atoms with Crippen LogP contribution in [-0.2, 0) is 19.5 Å². The van der Waals surface area contributed by atoms with E-state index in [4.69, 9.17) is 0 Å². The molecular formula is C20H24N4S. The Kier molecular flexibility index (Phi) is 4.08. The van der Waals surface area contributed by atoms with Gasteiger partial charge in [-0.05, 0) is 67.6 Å². The second kappa shape index (κ2) is 6.56. The number of fused-ring (bicyclic) bond motifs is 2. The minimum absolute atomic E-state index is 0.662. The summed E-state index contributed by atoms with van der Waals surface area (Å²) in [6.45, 7) is 5.71. The van der Waals surface area contributed by atoms with Crippen molar-refractivity contribution in [3.05, 3.63) is 51.5 Å². The summed E-state index contributed by atoms with van der Waals surface area (Å²) < 4.78 is 0. The van der Waals surface area contributed by atoms with Gasteiger partial charge < -0.3 is 10.3 Å². The molecule has 4 nitrogen and oxygen atoms in total. The first-order chi connectivity index (χ1) is 12.4. The third-order valence-electron chi connectivity index (χ3n) is 5.68. The summed E-state index contributed by atoms with van der Waals surface area (Å²) in [4.78, 5) is 13.5. The van der Waals surface area contributed by atoms with Crippen LogP contribution in [0, 0.1) is 0 Å². The summed E-state index contributed by atoms with van der Waals surface area (Å²) in [5, 5.41) is 4.78. The molecule has 2 aliphatic heterocycles. The fraction of sp³-hybridized carbons (Fsp3) is 0.450. The van der Waals surface area contributed by atoms with Gasteiger partial charge in [-0.2, -0.15) is 0 Å². The number of pyridine rings is 1. The molecule has 0 aromatic carbocycles. The second-order valence-electron chi connectivity index (χ2n) is 7.28. The highest BCUT2D eigenvalue weighted by atomic mass is 32.1. The zero-order valence-corrected chi connectivity index (χ0v) is 15.2. The van der Waals surface area contributed by atoms with Crippen molar-refractivity contribution >= 4 is 22.4 Å². The van der Waals surface area contributed by atoms with Crippen molar-refractivity contribution in [3.63, 3.8) is 0 Å². The van der Waals surface area contributed by atoms with E-state index in [9.17, 15) is 0 Å². The van der Waals surface area contributed by atoms with Gasteiger partial charge in [-0.1, -0.05) is 0 Å². The van der Waals surface area contributed by atoms with E-state index in [0.717, 1.165) is 25.3 Å². The molecule has 0 unspecified atom stereocenters. The molecule has 2 N–H and O–H groups in total. The van der Waals surface area contributed by atoms with E-state index in [1.54, 1.807) is 9.75 Å². The molecule has 0 atom stereocenters. The predicted octanol–water partition coefficient (Wildman–Crippen LogP) is 3.65. The highest BCUT2D eigenvalue weighted by Crippen LogP contribution is 2.34. The second-order valence-corrected chi connectivity index (χ2v) is 8.50. The Morgan fingerprint density at radius 1 is 1.28 bits per heavy atom. The number of nitrogens with zero attached hydrogens (tertiary/aromatic N) is 2. The highest BCUT2D eigenvalue weighted by molar-refractivity contribution is 7.12. The van der Waals surface area contributed by atoms with Gasteiger partial charge in [-0.25, -0.2) is 4.98 Å². The Bertz CT molecular complexity index is 849. The topological polar surface area (TPSA) is 44.0 Å². The molecule has 3 aromatic rings. The summed E-state index contributed by atoms with van der Waals surface area (Å²) in [5.41, 5.74) is 4.02. The van der Waals surface area contributed by atoms with Crippen LogP contribution in [0.15, 0.2) is 30.6 Å². The molecular weight excluding hydrogens is 328 g/mol. The fourth-order valence-electron chi connectivity index (χ4n) is 4.33. The SMILES string of the molecule is c1cnc2[nH]cc(C3CCN(Cc4cc5c(s4)CCNC5)CC3)c2c1. The van der Waals surface area contributed by atoms with E-state index in [-0.39, 0.29) is 0 Å². The molecule has 3 aromatic heterocycles. The summed E-state index contributed by atoms with van der Waals surface area (Å²) in [6, 6.07) is 6.68. The molecule has 5 rings (SSSR count). The van der Waals surface area contributed by atoms with Crippen LogP contribution in [0.25, 0.3) is 11.0 Å². The third-order valence-corrected chi connectivity index (χ3v) is 6.90. The van der Waals surface area contributed by atoms with Crippen molar-refractivity contribution in [1.82, 2.24) is 20.2 Å². The van der Waals surface area contributed by atoms with Gasteiger partial charge in [0.25, 0.3) is 0 Å². The average Bonchev–Trinajstić information content (AvgIpc) is 3.26. The predicted molar refractivity (Wildman–Crippen MR) is 103 cm³/mol. The Morgan fingerprint density at radius 3 is 3.08 bits per heavy atom. The number of H-pyrrole nitrogens is 1. The van der Waals surface area contributed by atoms with Crippen LogP contribution in [0.2, 0.25) is 0 Å². The van der Waals surface area contributed by atoms with Gasteiger partial charge in [0.2, 0.25) is 0 Å². The first-order valence-corrected chi connectivity index (χ1v) is 10.1. The molecule has 5 heterocycles. The Morgan fingerprint density at radius 2 is 2.20 bits per heavy atom. The molecule has 2 aliphatic rings. The van der Waals surface area contributed by atoms with E-state index >= 15 is 0 Å². The normalized spacial score (nSPS) is 19.4. The Hall–Kier alpha value is -1.69. The maximum atomic E-state index is 4.43. The highest BCUT2D eigenvalue weighted by Gasteiger charge is 2.24. The van der Waals surface area contributed by atoms with Crippen LogP contribution in [0.1, 0.15) is 39.6 Å². The zero-order valence-electron chi connectivity index (χ0n) is 14.4. The number of hydrogen-bond acceptors (Lipinski definition) is 4. The van der Waals surface area contributed by atoms with Crippen LogP contribution in [0.3, 0.4) is 0 Å². The summed E-state index contributed by atoms with van der Waals surface area (Å²) in [7, 11) is 0. The average molecular weight is 353 g/mol. The number of aromatic amines is 1. The zero-order chi connectivity index (χ0) is 16.6. The van der Waals surface area contributed by atoms with Gasteiger partial charge in [-0.15, -0.1) is 11.3 Å². The number of nitrogens with one attached hydrogen (secondary N) is 2. The fourth-order valence-corrected chi connectivity index (χ4v) is 5.56. The third kappa shape index (κ3) is 3.01. The van der Waals surface area contributed by atoms with Crippen LogP contribution in [0.5, 0.6) is 0 Å². The van der Waals surface area contributed by atoms with Crippen molar-refractivity contribution in [3.8, 4) is 0 Å². The molecule has 0 amide bonds. The van der Waals surface area contributed by atoms with Crippen LogP contribution in [-0.4, -0.2) is 34.5 Å². The van der Waals surface area contributed by atoms with E-state index in [2.05, 4.69) is 38.5 Å². The standard InChI is InChI=1S/C20H24N4S/c1-2-17-18(12-23-20(17)22-6-1)14-4-8-24(9-5-14)13-16-10-15-11-21-7-3-19(15)25-16/h1-2,6,10,12,14,21H,3-5,7-9,11,13H2,(H,22,23). The minimum Gasteiger partial charge on any atom is -0.346 e. The number of hydrogen-bond donors (Lipinski definition) is 2. The first kappa shape index (κ1) is 15.6. The Balaban J connectivity index is 1.25. The molecule has 0 radical (unpaired) electrons. The quantitative estimate of drug-likeness (QED) is 0.756. The number of thiophene rings is 1. The summed E-state index contributed by atoms with van der Waals surface area (Å²) in [5.74, 6) is 0.662. The maximum Gasteiger partial charge on any atom is 0.137 e. The van der Waals surface area contributed by atoms with Gasteiger partial charge in [-0.3, -0.25) is 4.90 Å². The molecule has 1 saturated heterocycles. The maximum absolute atomic E-state index is 4.43. The lowest BCUT2D eigenvalue weighted by Gasteiger charge is -2.31. The van der Waals surface area contributed by atoms with Gasteiger partial charge in [0.15, 0.2) is 0 Å². The monoisotopic (exact) mass is 352 g/mol. The molecule has 0 bridgehead atoms. The number of rotatable bonds is 3. The first-order valence-electron chi connectivity index (χ1n) is 9.32. The van der Waals surface area contributed by atoms with Gasteiger partial charge in [0.05, 0.1) is 0 Å². The van der Waals surface area contributed by atoms with Gasteiger partial charge in [0, 0.05) is 47.2 Å². The summed E-state index contributed by atoms with van der Waals surface area (Å²) in [6.07, 6.45) is 7.74. The number of aromatic nitrogens is 2. The molecule has 130 valence electrons. The van der Waals surface area contributed by atoms with Crippen molar-refractivity contribution in [2.75, 3.05) is 19.6 Å². The van der Waals surface area contributed by atoms with E-state index in [0.29, 0.717) is 5.92 Å². The number of likely N-dealkylation sites (tertiary alicyclic amines) is 1. The molecule has 5 heteroatoms. The van der Waals surface area contributed by atoms with Crippen LogP contribution < -0.4 is 5.32 Å². The molecule has 0 spiro atoms. The largest absolute Gasteiger partial charge is 0.346 e. The lowest BCUT2D eigenvalue weighted by Crippen LogP contribution is -2.32. The van der Waals surface area contributed by atoms with Crippen molar-refractivity contribution < 1.29 is 0 Å². The van der Waals surface area contributed by atoms with Gasteiger partial charge in [0.1, 0.15) is 5.65 Å². The van der Waals surface area contributed by atoms with Crippen molar-refractivity contribution in [2.24, 2.45) is 0 Å². The lowest BCUT2D eigenvalue weighted by atomic mass is 9.89. The van der Waals surface area contributed by atoms with E-state index < -0.39 is 0 Å². The lowest BCUT2D eigenvalue weighted by molar-refractivity contribution is 0.206.